The molecule has 90 valence electrons. The molecule has 1 aromatic carbocycles. The maximum atomic E-state index is 12.2. The number of thiazole rings is 1. The molecule has 0 fully saturated rings. The van der Waals surface area contributed by atoms with Gasteiger partial charge in [0.1, 0.15) is 0 Å². The summed E-state index contributed by atoms with van der Waals surface area (Å²) in [4.78, 5) is 20.2. The monoisotopic (exact) mass is 256 g/mol. The number of fused-ring (bicyclic) bond motifs is 1. The number of aromatic nitrogens is 2. The summed E-state index contributed by atoms with van der Waals surface area (Å²) in [6, 6.07) is 7.97. The molecule has 0 aliphatic heterocycles. The number of aryl methyl sites for hydroxylation is 1. The van der Waals surface area contributed by atoms with Crippen LogP contribution in [0.15, 0.2) is 40.8 Å². The Hall–Kier alpha value is -1.94. The predicted octanol–water partition coefficient (Wildman–Crippen LogP) is 3.21. The second kappa shape index (κ2) is 4.38. The van der Waals surface area contributed by atoms with Gasteiger partial charge in [0, 0.05) is 17.5 Å². The van der Waals surface area contributed by atoms with Crippen LogP contribution in [0.3, 0.4) is 0 Å². The van der Waals surface area contributed by atoms with E-state index in [0.717, 1.165) is 33.3 Å². The number of hydrogen-bond donors (Lipinski definition) is 1. The first kappa shape index (κ1) is 11.2. The van der Waals surface area contributed by atoms with Gasteiger partial charge in [0.15, 0.2) is 0 Å². The lowest BCUT2D eigenvalue weighted by molar-refractivity contribution is 1.03. The second-order valence-corrected chi connectivity index (χ2v) is 5.00. The number of benzene rings is 1. The molecule has 2 aromatic heterocycles. The van der Waals surface area contributed by atoms with Crippen LogP contribution >= 0.6 is 11.3 Å². The molecular formula is C14H12N2OS. The summed E-state index contributed by atoms with van der Waals surface area (Å²) in [5.74, 6) is 0. The van der Waals surface area contributed by atoms with Crippen molar-refractivity contribution >= 4 is 22.1 Å². The van der Waals surface area contributed by atoms with E-state index in [1.807, 2.05) is 31.2 Å². The summed E-state index contributed by atoms with van der Waals surface area (Å²) < 4.78 is 0. The van der Waals surface area contributed by atoms with Crippen LogP contribution in [-0.2, 0) is 6.42 Å². The van der Waals surface area contributed by atoms with E-state index < -0.39 is 0 Å². The largest absolute Gasteiger partial charge is 0.326 e. The lowest BCUT2D eigenvalue weighted by Crippen LogP contribution is -2.09. The molecule has 0 aliphatic rings. The van der Waals surface area contributed by atoms with Crippen molar-refractivity contribution < 1.29 is 0 Å². The Balaban J connectivity index is 2.38. The molecule has 1 N–H and O–H groups in total. The van der Waals surface area contributed by atoms with E-state index in [1.54, 1.807) is 23.0 Å². The van der Waals surface area contributed by atoms with Crippen molar-refractivity contribution in [2.45, 2.75) is 13.3 Å². The van der Waals surface area contributed by atoms with Crippen LogP contribution in [0.2, 0.25) is 0 Å². The molecule has 0 amide bonds. The van der Waals surface area contributed by atoms with Crippen LogP contribution in [0.4, 0.5) is 0 Å². The van der Waals surface area contributed by atoms with Crippen molar-refractivity contribution in [3.05, 3.63) is 52.0 Å². The molecule has 3 rings (SSSR count). The van der Waals surface area contributed by atoms with Gasteiger partial charge in [-0.1, -0.05) is 25.1 Å². The summed E-state index contributed by atoms with van der Waals surface area (Å²) in [6.07, 6.45) is 2.63. The van der Waals surface area contributed by atoms with E-state index in [4.69, 9.17) is 0 Å². The van der Waals surface area contributed by atoms with E-state index in [0.29, 0.717) is 0 Å². The third-order valence-electron chi connectivity index (χ3n) is 3.01. The number of rotatable bonds is 2. The molecule has 4 heteroatoms. The first-order valence-electron chi connectivity index (χ1n) is 5.83. The van der Waals surface area contributed by atoms with Crippen LogP contribution in [0, 0.1) is 0 Å². The van der Waals surface area contributed by atoms with Gasteiger partial charge in [-0.05, 0) is 17.9 Å². The number of hydrogen-bond acceptors (Lipinski definition) is 3. The van der Waals surface area contributed by atoms with Crippen molar-refractivity contribution in [3.8, 4) is 10.4 Å². The summed E-state index contributed by atoms with van der Waals surface area (Å²) in [6.45, 7) is 2.03. The highest BCUT2D eigenvalue weighted by atomic mass is 32.1. The highest BCUT2D eigenvalue weighted by Gasteiger charge is 2.09. The van der Waals surface area contributed by atoms with Crippen molar-refractivity contribution in [2.24, 2.45) is 0 Å². The van der Waals surface area contributed by atoms with Gasteiger partial charge in [0.2, 0.25) is 0 Å². The first-order chi connectivity index (χ1) is 8.79. The molecule has 0 spiro atoms. The van der Waals surface area contributed by atoms with Crippen LogP contribution < -0.4 is 5.56 Å². The Morgan fingerprint density at radius 2 is 2.28 bits per heavy atom. The fourth-order valence-corrected chi connectivity index (χ4v) is 2.77. The van der Waals surface area contributed by atoms with E-state index in [2.05, 4.69) is 9.97 Å². The fourth-order valence-electron chi connectivity index (χ4n) is 2.12. The van der Waals surface area contributed by atoms with E-state index in [1.165, 1.54) is 0 Å². The van der Waals surface area contributed by atoms with Gasteiger partial charge >= 0.3 is 0 Å². The SMILES string of the molecule is CCc1cc2cccc(-c3cncs3)c2c(=O)[nH]1. The molecule has 0 radical (unpaired) electrons. The highest BCUT2D eigenvalue weighted by molar-refractivity contribution is 7.13. The number of nitrogens with one attached hydrogen (secondary N) is 1. The normalized spacial score (nSPS) is 10.9. The molecule has 0 saturated heterocycles. The molecule has 0 aliphatic carbocycles. The Kier molecular flexibility index (Phi) is 2.72. The van der Waals surface area contributed by atoms with Crippen LogP contribution in [0.25, 0.3) is 21.2 Å². The fraction of sp³-hybridized carbons (Fsp3) is 0.143. The molecule has 0 atom stereocenters. The molecule has 2 heterocycles. The van der Waals surface area contributed by atoms with E-state index >= 15 is 0 Å². The standard InChI is InChI=1S/C14H12N2OS/c1-2-10-6-9-4-3-5-11(12-7-15-8-18-12)13(9)14(17)16-10/h3-8H,2H2,1H3,(H,16,17). The van der Waals surface area contributed by atoms with Crippen LogP contribution in [0.1, 0.15) is 12.6 Å². The molecule has 3 nitrogen and oxygen atoms in total. The number of pyridine rings is 1. The molecule has 0 unspecified atom stereocenters. The topological polar surface area (TPSA) is 45.8 Å². The summed E-state index contributed by atoms with van der Waals surface area (Å²) in [5, 5.41) is 1.74. The zero-order chi connectivity index (χ0) is 12.5. The van der Waals surface area contributed by atoms with Crippen molar-refractivity contribution in [3.63, 3.8) is 0 Å². The van der Waals surface area contributed by atoms with Crippen molar-refractivity contribution in [1.29, 1.82) is 0 Å². The Morgan fingerprint density at radius 3 is 3.00 bits per heavy atom. The van der Waals surface area contributed by atoms with Gasteiger partial charge < -0.3 is 4.98 Å². The lowest BCUT2D eigenvalue weighted by atomic mass is 10.0. The minimum atomic E-state index is -0.0200. The minimum absolute atomic E-state index is 0.0200. The summed E-state index contributed by atoms with van der Waals surface area (Å²) in [5.41, 5.74) is 3.68. The quantitative estimate of drug-likeness (QED) is 0.765. The highest BCUT2D eigenvalue weighted by Crippen LogP contribution is 2.28. The number of H-pyrrole nitrogens is 1. The lowest BCUT2D eigenvalue weighted by Gasteiger charge is -2.05. The summed E-state index contributed by atoms with van der Waals surface area (Å²) >= 11 is 1.55. The van der Waals surface area contributed by atoms with Gasteiger partial charge in [-0.25, -0.2) is 0 Å². The van der Waals surface area contributed by atoms with Gasteiger partial charge in [0.25, 0.3) is 5.56 Å². The number of aromatic amines is 1. The molecular weight excluding hydrogens is 244 g/mol. The van der Waals surface area contributed by atoms with Gasteiger partial charge in [0.05, 0.1) is 15.8 Å². The third-order valence-corrected chi connectivity index (χ3v) is 3.81. The summed E-state index contributed by atoms with van der Waals surface area (Å²) in [7, 11) is 0. The van der Waals surface area contributed by atoms with Crippen molar-refractivity contribution in [2.75, 3.05) is 0 Å². The van der Waals surface area contributed by atoms with E-state index in [-0.39, 0.29) is 5.56 Å². The average Bonchev–Trinajstić information content (AvgIpc) is 2.91. The second-order valence-electron chi connectivity index (χ2n) is 4.11. The maximum absolute atomic E-state index is 12.2. The van der Waals surface area contributed by atoms with Gasteiger partial charge in [-0.15, -0.1) is 11.3 Å². The third kappa shape index (κ3) is 1.75. The smallest absolute Gasteiger partial charge is 0.256 e. The molecule has 0 saturated carbocycles. The predicted molar refractivity (Wildman–Crippen MR) is 75.1 cm³/mol. The maximum Gasteiger partial charge on any atom is 0.256 e. The average molecular weight is 256 g/mol. The Bertz CT molecular complexity index is 744. The molecule has 3 aromatic rings. The van der Waals surface area contributed by atoms with Crippen molar-refractivity contribution in [1.82, 2.24) is 9.97 Å². The Morgan fingerprint density at radius 1 is 1.39 bits per heavy atom. The van der Waals surface area contributed by atoms with Gasteiger partial charge in [-0.2, -0.15) is 0 Å². The van der Waals surface area contributed by atoms with E-state index in [9.17, 15) is 4.79 Å². The van der Waals surface area contributed by atoms with Gasteiger partial charge in [-0.3, -0.25) is 9.78 Å². The Labute approximate surface area is 108 Å². The minimum Gasteiger partial charge on any atom is -0.326 e. The zero-order valence-corrected chi connectivity index (χ0v) is 10.8. The zero-order valence-electron chi connectivity index (χ0n) is 9.93. The van der Waals surface area contributed by atoms with Crippen LogP contribution in [0.5, 0.6) is 0 Å². The molecule has 0 bridgehead atoms. The van der Waals surface area contributed by atoms with Crippen LogP contribution in [-0.4, -0.2) is 9.97 Å². The first-order valence-corrected chi connectivity index (χ1v) is 6.71. The molecule has 18 heavy (non-hydrogen) atoms. The number of nitrogens with zero attached hydrogens (tertiary/aromatic N) is 1.